The lowest BCUT2D eigenvalue weighted by Crippen LogP contribution is -2.06. The van der Waals surface area contributed by atoms with Gasteiger partial charge in [0.1, 0.15) is 5.82 Å². The maximum atomic E-state index is 13.0. The van der Waals surface area contributed by atoms with Crippen LogP contribution in [0.2, 0.25) is 0 Å². The van der Waals surface area contributed by atoms with Crippen LogP contribution in [0, 0.1) is 12.7 Å². The van der Waals surface area contributed by atoms with E-state index in [1.165, 1.54) is 0 Å². The molecule has 1 aromatic rings. The van der Waals surface area contributed by atoms with Crippen molar-refractivity contribution in [1.29, 1.82) is 0 Å². The van der Waals surface area contributed by atoms with Gasteiger partial charge in [-0.3, -0.25) is 0 Å². The molecule has 0 unspecified atom stereocenters. The zero-order valence-corrected chi connectivity index (χ0v) is 9.33. The Hall–Kier alpha value is -0.500. The van der Waals surface area contributed by atoms with Gasteiger partial charge in [0.05, 0.1) is 0 Å². The third-order valence-corrected chi connectivity index (χ3v) is 2.52. The number of halogens is 1. The smallest absolute Gasteiger partial charge is 0.124 e. The molecule has 13 heavy (non-hydrogen) atoms. The number of hydrogen-bond donors (Lipinski definition) is 0. The first-order valence-corrected chi connectivity index (χ1v) is 5.15. The zero-order chi connectivity index (χ0) is 10.1. The molecule has 0 fully saturated rings. The van der Waals surface area contributed by atoms with Crippen molar-refractivity contribution >= 4 is 11.8 Å². The van der Waals surface area contributed by atoms with Crippen molar-refractivity contribution in [2.24, 2.45) is 0 Å². The van der Waals surface area contributed by atoms with Gasteiger partial charge in [0.2, 0.25) is 0 Å². The van der Waals surface area contributed by atoms with Crippen molar-refractivity contribution in [2.45, 2.75) is 37.3 Å². The maximum absolute atomic E-state index is 13.0. The lowest BCUT2D eigenvalue weighted by atomic mass is 10.2. The van der Waals surface area contributed by atoms with E-state index in [9.17, 15) is 4.39 Å². The van der Waals surface area contributed by atoms with E-state index in [0.717, 1.165) is 10.5 Å². The molecule has 0 aliphatic carbocycles. The summed E-state index contributed by atoms with van der Waals surface area (Å²) in [4.78, 5) is 1.00. The summed E-state index contributed by atoms with van der Waals surface area (Å²) in [5.41, 5.74) is 0.978. The Bertz CT molecular complexity index is 279. The normalized spacial score (nSPS) is 11.8. The molecular formula is C11H15FS. The van der Waals surface area contributed by atoms with Crippen LogP contribution in [0.3, 0.4) is 0 Å². The summed E-state index contributed by atoms with van der Waals surface area (Å²) in [6.07, 6.45) is 0. The minimum atomic E-state index is -0.147. The highest BCUT2D eigenvalue weighted by Gasteiger charge is 2.12. The van der Waals surface area contributed by atoms with Crippen LogP contribution in [0.15, 0.2) is 23.1 Å². The summed E-state index contributed by atoms with van der Waals surface area (Å²) in [6, 6.07) is 5.15. The Morgan fingerprint density at radius 3 is 2.23 bits per heavy atom. The Morgan fingerprint density at radius 1 is 1.15 bits per heavy atom. The van der Waals surface area contributed by atoms with Crippen molar-refractivity contribution in [2.75, 3.05) is 0 Å². The van der Waals surface area contributed by atoms with Crippen LogP contribution >= 0.6 is 11.8 Å². The number of rotatable bonds is 1. The van der Waals surface area contributed by atoms with Crippen LogP contribution in [-0.4, -0.2) is 4.75 Å². The topological polar surface area (TPSA) is 0 Å². The molecule has 72 valence electrons. The van der Waals surface area contributed by atoms with Crippen LogP contribution in [-0.2, 0) is 0 Å². The van der Waals surface area contributed by atoms with E-state index in [1.807, 2.05) is 13.0 Å². The molecule has 0 heterocycles. The van der Waals surface area contributed by atoms with Crippen molar-refractivity contribution < 1.29 is 4.39 Å². The summed E-state index contributed by atoms with van der Waals surface area (Å²) >= 11 is 1.69. The van der Waals surface area contributed by atoms with Gasteiger partial charge in [0.25, 0.3) is 0 Å². The second-order valence-electron chi connectivity index (χ2n) is 4.18. The first kappa shape index (κ1) is 10.6. The van der Waals surface area contributed by atoms with Crippen molar-refractivity contribution in [1.82, 2.24) is 0 Å². The Morgan fingerprint density at radius 2 is 1.77 bits per heavy atom. The van der Waals surface area contributed by atoms with Gasteiger partial charge in [-0.15, -0.1) is 11.8 Å². The highest BCUT2D eigenvalue weighted by Crippen LogP contribution is 2.32. The number of aryl methyl sites for hydroxylation is 1. The monoisotopic (exact) mass is 198 g/mol. The predicted molar refractivity (Wildman–Crippen MR) is 56.7 cm³/mol. The minimum Gasteiger partial charge on any atom is -0.207 e. The Labute approximate surface area is 83.5 Å². The fourth-order valence-corrected chi connectivity index (χ4v) is 2.24. The third-order valence-electron chi connectivity index (χ3n) is 1.44. The van der Waals surface area contributed by atoms with E-state index in [0.29, 0.717) is 0 Å². The van der Waals surface area contributed by atoms with Gasteiger partial charge >= 0.3 is 0 Å². The quantitative estimate of drug-likeness (QED) is 0.614. The SMILES string of the molecule is Cc1cc(F)cc(SC(C)(C)C)c1. The Kier molecular flexibility index (Phi) is 3.01. The molecule has 0 amide bonds. The molecular weight excluding hydrogens is 183 g/mol. The van der Waals surface area contributed by atoms with Gasteiger partial charge in [-0.05, 0) is 30.7 Å². The molecule has 0 atom stereocenters. The summed E-state index contributed by atoms with van der Waals surface area (Å²) < 4.78 is 13.1. The van der Waals surface area contributed by atoms with Crippen molar-refractivity contribution in [3.05, 3.63) is 29.6 Å². The first-order chi connectivity index (χ1) is 5.87. The molecule has 2 heteroatoms. The largest absolute Gasteiger partial charge is 0.207 e. The lowest BCUT2D eigenvalue weighted by Gasteiger charge is -2.17. The standard InChI is InChI=1S/C11H15FS/c1-8-5-9(12)7-10(6-8)13-11(2,3)4/h5-7H,1-4H3. The van der Waals surface area contributed by atoms with E-state index in [1.54, 1.807) is 23.9 Å². The maximum Gasteiger partial charge on any atom is 0.124 e. The lowest BCUT2D eigenvalue weighted by molar-refractivity contribution is 0.622. The first-order valence-electron chi connectivity index (χ1n) is 4.33. The molecule has 0 bridgehead atoms. The van der Waals surface area contributed by atoms with Gasteiger partial charge in [-0.1, -0.05) is 20.8 Å². The number of thioether (sulfide) groups is 1. The predicted octanol–water partition coefficient (Wildman–Crippen LogP) is 4.02. The zero-order valence-electron chi connectivity index (χ0n) is 8.52. The summed E-state index contributed by atoms with van der Waals surface area (Å²) in [6.45, 7) is 8.28. The molecule has 0 spiro atoms. The molecule has 0 saturated heterocycles. The van der Waals surface area contributed by atoms with Gasteiger partial charge < -0.3 is 0 Å². The molecule has 1 rings (SSSR count). The van der Waals surface area contributed by atoms with E-state index >= 15 is 0 Å². The molecule has 0 N–H and O–H groups in total. The van der Waals surface area contributed by atoms with Crippen LogP contribution < -0.4 is 0 Å². The minimum absolute atomic E-state index is 0.139. The van der Waals surface area contributed by atoms with Crippen LogP contribution in [0.1, 0.15) is 26.3 Å². The van der Waals surface area contributed by atoms with Gasteiger partial charge in [-0.2, -0.15) is 0 Å². The fraction of sp³-hybridized carbons (Fsp3) is 0.455. The van der Waals surface area contributed by atoms with E-state index in [4.69, 9.17) is 0 Å². The number of hydrogen-bond acceptors (Lipinski definition) is 1. The molecule has 0 aliphatic rings. The molecule has 0 saturated carbocycles. The van der Waals surface area contributed by atoms with E-state index < -0.39 is 0 Å². The van der Waals surface area contributed by atoms with Crippen molar-refractivity contribution in [3.8, 4) is 0 Å². The van der Waals surface area contributed by atoms with Gasteiger partial charge in [-0.25, -0.2) is 4.39 Å². The number of benzene rings is 1. The highest BCUT2D eigenvalue weighted by molar-refractivity contribution is 8.00. The van der Waals surface area contributed by atoms with Crippen LogP contribution in [0.5, 0.6) is 0 Å². The van der Waals surface area contributed by atoms with Gasteiger partial charge in [0.15, 0.2) is 0 Å². The average Bonchev–Trinajstić information content (AvgIpc) is 1.78. The highest BCUT2D eigenvalue weighted by atomic mass is 32.2. The second kappa shape index (κ2) is 3.70. The Balaban J connectivity index is 2.90. The van der Waals surface area contributed by atoms with Crippen LogP contribution in [0.4, 0.5) is 4.39 Å². The molecule has 0 aromatic heterocycles. The summed E-state index contributed by atoms with van der Waals surface area (Å²) in [5, 5.41) is 0. The fourth-order valence-electron chi connectivity index (χ4n) is 1.12. The average molecular weight is 198 g/mol. The van der Waals surface area contributed by atoms with Crippen molar-refractivity contribution in [3.63, 3.8) is 0 Å². The third kappa shape index (κ3) is 3.81. The summed E-state index contributed by atoms with van der Waals surface area (Å²) in [7, 11) is 0. The molecule has 0 radical (unpaired) electrons. The molecule has 0 aliphatic heterocycles. The summed E-state index contributed by atoms with van der Waals surface area (Å²) in [5.74, 6) is -0.147. The molecule has 0 nitrogen and oxygen atoms in total. The molecule has 1 aromatic carbocycles. The van der Waals surface area contributed by atoms with Gasteiger partial charge in [0, 0.05) is 9.64 Å². The van der Waals surface area contributed by atoms with E-state index in [2.05, 4.69) is 20.8 Å². The van der Waals surface area contributed by atoms with E-state index in [-0.39, 0.29) is 10.6 Å². The second-order valence-corrected chi connectivity index (χ2v) is 6.08. The van der Waals surface area contributed by atoms with Crippen LogP contribution in [0.25, 0.3) is 0 Å².